The van der Waals surface area contributed by atoms with E-state index in [1.165, 1.54) is 18.2 Å². The molecule has 0 unspecified atom stereocenters. The number of nitrogens with zero attached hydrogens (tertiary/aromatic N) is 2. The predicted octanol–water partition coefficient (Wildman–Crippen LogP) is 4.20. The fourth-order valence-corrected chi connectivity index (χ4v) is 2.79. The zero-order valence-corrected chi connectivity index (χ0v) is 14.8. The van der Waals surface area contributed by atoms with Gasteiger partial charge in [0, 0.05) is 15.2 Å². The fourth-order valence-electron chi connectivity index (χ4n) is 2.06. The molecule has 0 aliphatic carbocycles. The maximum absolute atomic E-state index is 12.0. The van der Waals surface area contributed by atoms with E-state index in [4.69, 9.17) is 16.3 Å². The molecule has 24 heavy (non-hydrogen) atoms. The van der Waals surface area contributed by atoms with Crippen molar-refractivity contribution in [3.63, 3.8) is 0 Å². The van der Waals surface area contributed by atoms with Crippen LogP contribution in [0.15, 0.2) is 53.2 Å². The number of hydrogen-bond donors (Lipinski definition) is 0. The van der Waals surface area contributed by atoms with E-state index in [9.17, 15) is 14.9 Å². The van der Waals surface area contributed by atoms with E-state index in [2.05, 4.69) is 27.6 Å². The highest BCUT2D eigenvalue weighted by molar-refractivity contribution is 14.1. The van der Waals surface area contributed by atoms with Crippen molar-refractivity contribution in [2.24, 2.45) is 4.99 Å². The second-order valence-electron chi connectivity index (χ2n) is 4.78. The normalized spacial score (nSPS) is 15.3. The van der Waals surface area contributed by atoms with Crippen LogP contribution < -0.4 is 0 Å². The van der Waals surface area contributed by atoms with Crippen LogP contribution in [0.3, 0.4) is 0 Å². The lowest BCUT2D eigenvalue weighted by molar-refractivity contribution is -0.384. The fraction of sp³-hybridized carbons (Fsp3) is 0. The maximum Gasteiger partial charge on any atom is 0.363 e. The molecule has 0 saturated heterocycles. The van der Waals surface area contributed by atoms with E-state index in [-0.39, 0.29) is 22.3 Å². The highest BCUT2D eigenvalue weighted by Gasteiger charge is 2.26. The summed E-state index contributed by atoms with van der Waals surface area (Å²) in [5, 5.41) is 11.0. The quantitative estimate of drug-likeness (QED) is 0.229. The Hall–Kier alpha value is -2.26. The van der Waals surface area contributed by atoms with Gasteiger partial charge >= 0.3 is 5.97 Å². The molecule has 120 valence electrons. The lowest BCUT2D eigenvalue weighted by Crippen LogP contribution is -2.06. The summed E-state index contributed by atoms with van der Waals surface area (Å²) in [6, 6.07) is 11.6. The van der Waals surface area contributed by atoms with Gasteiger partial charge in [-0.15, -0.1) is 0 Å². The number of cyclic esters (lactones) is 1. The van der Waals surface area contributed by atoms with Gasteiger partial charge in [-0.3, -0.25) is 10.1 Å². The molecule has 1 aliphatic heterocycles. The lowest BCUT2D eigenvalue weighted by atomic mass is 10.2. The van der Waals surface area contributed by atoms with Gasteiger partial charge in [-0.25, -0.2) is 9.79 Å². The second-order valence-corrected chi connectivity index (χ2v) is 6.35. The van der Waals surface area contributed by atoms with Crippen LogP contribution in [0.25, 0.3) is 6.08 Å². The molecule has 0 bridgehead atoms. The molecule has 0 aromatic heterocycles. The molecule has 1 aliphatic rings. The first-order valence-corrected chi connectivity index (χ1v) is 8.13. The number of benzene rings is 2. The third kappa shape index (κ3) is 3.31. The van der Waals surface area contributed by atoms with Crippen molar-refractivity contribution in [1.29, 1.82) is 0 Å². The van der Waals surface area contributed by atoms with Crippen LogP contribution in [0.4, 0.5) is 5.69 Å². The van der Waals surface area contributed by atoms with Gasteiger partial charge in [-0.1, -0.05) is 29.8 Å². The molecular formula is C16H8ClIN2O4. The predicted molar refractivity (Wildman–Crippen MR) is 97.9 cm³/mol. The second kappa shape index (κ2) is 6.70. The number of nitro groups is 1. The zero-order chi connectivity index (χ0) is 17.3. The Morgan fingerprint density at radius 2 is 2.00 bits per heavy atom. The van der Waals surface area contributed by atoms with Crippen LogP contribution in [0.5, 0.6) is 0 Å². The van der Waals surface area contributed by atoms with E-state index >= 15 is 0 Å². The summed E-state index contributed by atoms with van der Waals surface area (Å²) in [6.07, 6.45) is 1.61. The largest absolute Gasteiger partial charge is 0.402 e. The minimum absolute atomic E-state index is 0.00304. The molecule has 0 spiro atoms. The van der Waals surface area contributed by atoms with Gasteiger partial charge in [-0.05, 0) is 52.4 Å². The van der Waals surface area contributed by atoms with Gasteiger partial charge in [-0.2, -0.15) is 0 Å². The molecule has 2 aromatic rings. The summed E-state index contributed by atoms with van der Waals surface area (Å²) < 4.78 is 6.08. The number of ether oxygens (including phenoxy) is 1. The Morgan fingerprint density at radius 3 is 2.71 bits per heavy atom. The van der Waals surface area contributed by atoms with Crippen LogP contribution in [-0.4, -0.2) is 16.8 Å². The van der Waals surface area contributed by atoms with Crippen LogP contribution in [0.1, 0.15) is 11.1 Å². The number of rotatable bonds is 3. The molecule has 0 radical (unpaired) electrons. The average Bonchev–Trinajstić information content (AvgIpc) is 2.91. The lowest BCUT2D eigenvalue weighted by Gasteiger charge is -2.00. The molecule has 6 nitrogen and oxygen atoms in total. The topological polar surface area (TPSA) is 81.8 Å². The molecule has 2 aromatic carbocycles. The average molecular weight is 455 g/mol. The molecule has 3 rings (SSSR count). The number of aliphatic imine (C=N–C) groups is 1. The first-order valence-electron chi connectivity index (χ1n) is 6.67. The van der Waals surface area contributed by atoms with Crippen molar-refractivity contribution in [1.82, 2.24) is 0 Å². The van der Waals surface area contributed by atoms with Gasteiger partial charge < -0.3 is 4.74 Å². The Kier molecular flexibility index (Phi) is 4.63. The summed E-state index contributed by atoms with van der Waals surface area (Å²) in [4.78, 5) is 26.5. The summed E-state index contributed by atoms with van der Waals surface area (Å²) in [7, 11) is 0. The Bertz CT molecular complexity index is 924. The highest BCUT2D eigenvalue weighted by atomic mass is 127. The van der Waals surface area contributed by atoms with Crippen molar-refractivity contribution in [3.8, 4) is 0 Å². The summed E-state index contributed by atoms with van der Waals surface area (Å²) in [5.74, 6) is -0.598. The molecule has 8 heteroatoms. The van der Waals surface area contributed by atoms with Gasteiger partial charge in [0.05, 0.1) is 4.92 Å². The summed E-state index contributed by atoms with van der Waals surface area (Å²) >= 11 is 7.93. The number of carbonyl (C=O) groups is 1. The Labute approximate surface area is 155 Å². The summed E-state index contributed by atoms with van der Waals surface area (Å²) in [5.41, 5.74) is 0.998. The Morgan fingerprint density at radius 1 is 1.25 bits per heavy atom. The minimum atomic E-state index is -0.609. The smallest absolute Gasteiger partial charge is 0.363 e. The van der Waals surface area contributed by atoms with Crippen molar-refractivity contribution in [3.05, 3.63) is 78.0 Å². The van der Waals surface area contributed by atoms with Crippen LogP contribution in [-0.2, 0) is 9.53 Å². The first kappa shape index (κ1) is 16.6. The van der Waals surface area contributed by atoms with Crippen molar-refractivity contribution in [2.45, 2.75) is 0 Å². The first-order chi connectivity index (χ1) is 11.5. The Balaban J connectivity index is 2.00. The molecule has 0 atom stereocenters. The van der Waals surface area contributed by atoms with Crippen molar-refractivity contribution >= 4 is 57.8 Å². The van der Waals surface area contributed by atoms with Crippen molar-refractivity contribution in [2.75, 3.05) is 0 Å². The molecular weight excluding hydrogens is 447 g/mol. The van der Waals surface area contributed by atoms with E-state index in [1.807, 2.05) is 24.3 Å². The molecule has 0 fully saturated rings. The molecule has 0 amide bonds. The van der Waals surface area contributed by atoms with Gasteiger partial charge in [0.25, 0.3) is 5.69 Å². The third-order valence-corrected chi connectivity index (χ3v) is 4.51. The third-order valence-electron chi connectivity index (χ3n) is 3.21. The van der Waals surface area contributed by atoms with Gasteiger partial charge in [0.1, 0.15) is 5.02 Å². The van der Waals surface area contributed by atoms with E-state index in [0.29, 0.717) is 5.56 Å². The number of carbonyl (C=O) groups excluding carboxylic acids is 1. The standard InChI is InChI=1S/C16H8ClIN2O4/c17-11-6-5-10(8-14(11)20(22)23)15-19-13(16(21)24-15)7-9-3-1-2-4-12(9)18/h1-8H. The number of esters is 1. The monoisotopic (exact) mass is 454 g/mol. The van der Waals surface area contributed by atoms with Crippen LogP contribution in [0, 0.1) is 13.7 Å². The van der Waals surface area contributed by atoms with Crippen molar-refractivity contribution < 1.29 is 14.5 Å². The zero-order valence-electron chi connectivity index (χ0n) is 11.9. The SMILES string of the molecule is O=C1OC(c2ccc(Cl)c([N+](=O)[O-])c2)=NC1=Cc1ccccc1I. The molecule has 0 N–H and O–H groups in total. The van der Waals surface area contributed by atoms with E-state index < -0.39 is 10.9 Å². The van der Waals surface area contributed by atoms with Gasteiger partial charge in [0.2, 0.25) is 5.90 Å². The number of hydrogen-bond acceptors (Lipinski definition) is 5. The summed E-state index contributed by atoms with van der Waals surface area (Å²) in [6.45, 7) is 0. The van der Waals surface area contributed by atoms with E-state index in [0.717, 1.165) is 9.13 Å². The maximum atomic E-state index is 12.0. The molecule has 1 heterocycles. The number of nitro benzene ring substituents is 1. The van der Waals surface area contributed by atoms with Crippen LogP contribution >= 0.6 is 34.2 Å². The van der Waals surface area contributed by atoms with Crippen LogP contribution in [0.2, 0.25) is 5.02 Å². The minimum Gasteiger partial charge on any atom is -0.402 e. The highest BCUT2D eigenvalue weighted by Crippen LogP contribution is 2.28. The van der Waals surface area contributed by atoms with Gasteiger partial charge in [0.15, 0.2) is 5.70 Å². The van der Waals surface area contributed by atoms with E-state index in [1.54, 1.807) is 6.08 Å². The number of halogens is 2. The molecule has 0 saturated carbocycles.